The van der Waals surface area contributed by atoms with Gasteiger partial charge in [-0.1, -0.05) is 29.6 Å². The molecular weight excluding hydrogens is 421 g/mol. The molecule has 1 aromatic carbocycles. The minimum Gasteiger partial charge on any atom is -0.343 e. The van der Waals surface area contributed by atoms with Crippen LogP contribution in [0.15, 0.2) is 24.3 Å². The first-order valence-corrected chi connectivity index (χ1v) is 10.5. The number of carbonyl (C=O) groups is 3. The first kappa shape index (κ1) is 20.6. The molecule has 28 heavy (non-hydrogen) atoms. The Morgan fingerprint density at radius 2 is 1.75 bits per heavy atom. The Balaban J connectivity index is 1.47. The summed E-state index contributed by atoms with van der Waals surface area (Å²) in [5.74, 6) is -1.42. The smallest absolute Gasteiger partial charge is 0.279 e. The van der Waals surface area contributed by atoms with Crippen molar-refractivity contribution in [1.29, 1.82) is 0 Å². The molecule has 0 radical (unpaired) electrons. The van der Waals surface area contributed by atoms with Crippen LogP contribution in [0.4, 0.5) is 0 Å². The zero-order chi connectivity index (χ0) is 20.1. The number of nitrogens with one attached hydrogen (secondary N) is 3. The second-order valence-electron chi connectivity index (χ2n) is 6.43. The van der Waals surface area contributed by atoms with Gasteiger partial charge in [0, 0.05) is 9.90 Å². The molecule has 0 aliphatic heterocycles. The van der Waals surface area contributed by atoms with E-state index in [4.69, 9.17) is 23.2 Å². The highest BCUT2D eigenvalue weighted by atomic mass is 35.5. The number of hydrogen-bond acceptors (Lipinski definition) is 4. The molecule has 3 N–H and O–H groups in total. The van der Waals surface area contributed by atoms with E-state index in [1.165, 1.54) is 46.4 Å². The molecule has 6 nitrogen and oxygen atoms in total. The number of benzene rings is 1. The van der Waals surface area contributed by atoms with Crippen molar-refractivity contribution in [2.24, 2.45) is 0 Å². The zero-order valence-electron chi connectivity index (χ0n) is 14.9. The average Bonchev–Trinajstić information content (AvgIpc) is 2.95. The molecule has 1 heterocycles. The lowest BCUT2D eigenvalue weighted by atomic mass is 10.1. The number of rotatable bonds is 4. The maximum atomic E-state index is 12.3. The van der Waals surface area contributed by atoms with Crippen molar-refractivity contribution < 1.29 is 14.4 Å². The van der Waals surface area contributed by atoms with Gasteiger partial charge in [-0.15, -0.1) is 11.3 Å². The Morgan fingerprint density at radius 3 is 2.54 bits per heavy atom. The van der Waals surface area contributed by atoms with E-state index in [-0.39, 0.29) is 23.0 Å². The molecule has 0 fully saturated rings. The first-order valence-electron chi connectivity index (χ1n) is 8.88. The minimum absolute atomic E-state index is 0.191. The molecular formula is C19H19Cl2N3O3S. The molecule has 0 spiro atoms. The number of fused-ring (bicyclic) bond motifs is 1. The van der Waals surface area contributed by atoms with Crippen molar-refractivity contribution in [3.05, 3.63) is 55.2 Å². The molecule has 0 saturated heterocycles. The Bertz CT molecular complexity index is 890. The average molecular weight is 440 g/mol. The van der Waals surface area contributed by atoms with E-state index < -0.39 is 11.8 Å². The quantitative estimate of drug-likeness (QED) is 0.502. The van der Waals surface area contributed by atoms with E-state index in [9.17, 15) is 14.4 Å². The summed E-state index contributed by atoms with van der Waals surface area (Å²) in [6.45, 7) is -0.307. The van der Waals surface area contributed by atoms with Gasteiger partial charge in [-0.2, -0.15) is 0 Å². The molecule has 2 aromatic rings. The molecule has 3 rings (SSSR count). The van der Waals surface area contributed by atoms with Crippen molar-refractivity contribution in [3.63, 3.8) is 0 Å². The molecule has 0 unspecified atom stereocenters. The van der Waals surface area contributed by atoms with Crippen LogP contribution in [0.3, 0.4) is 0 Å². The van der Waals surface area contributed by atoms with E-state index in [1.807, 2.05) is 6.07 Å². The van der Waals surface area contributed by atoms with Crippen LogP contribution in [0.1, 0.15) is 49.7 Å². The van der Waals surface area contributed by atoms with Gasteiger partial charge < -0.3 is 5.32 Å². The number of thiophene rings is 1. The van der Waals surface area contributed by atoms with Crippen LogP contribution < -0.4 is 16.2 Å². The highest BCUT2D eigenvalue weighted by Gasteiger charge is 2.17. The fraction of sp³-hybridized carbons (Fsp3) is 0.316. The van der Waals surface area contributed by atoms with Crippen molar-refractivity contribution >= 4 is 52.3 Å². The molecule has 0 atom stereocenters. The lowest BCUT2D eigenvalue weighted by Crippen LogP contribution is -2.46. The Labute approximate surface area is 176 Å². The summed E-state index contributed by atoms with van der Waals surface area (Å²) in [5.41, 5.74) is 6.13. The maximum absolute atomic E-state index is 12.3. The second-order valence-corrected chi connectivity index (χ2v) is 8.41. The molecule has 1 aromatic heterocycles. The number of carbonyl (C=O) groups excluding carboxylic acids is 3. The van der Waals surface area contributed by atoms with Gasteiger partial charge in [0.25, 0.3) is 17.7 Å². The third kappa shape index (κ3) is 5.25. The van der Waals surface area contributed by atoms with Gasteiger partial charge in [0.2, 0.25) is 0 Å². The van der Waals surface area contributed by atoms with Crippen molar-refractivity contribution in [1.82, 2.24) is 16.2 Å². The van der Waals surface area contributed by atoms with Crippen LogP contribution in [0.2, 0.25) is 10.0 Å². The summed E-state index contributed by atoms with van der Waals surface area (Å²) in [7, 11) is 0. The van der Waals surface area contributed by atoms with E-state index in [1.54, 1.807) is 0 Å². The highest BCUT2D eigenvalue weighted by Crippen LogP contribution is 2.28. The van der Waals surface area contributed by atoms with Gasteiger partial charge in [0.1, 0.15) is 0 Å². The van der Waals surface area contributed by atoms with Crippen LogP contribution in [0.5, 0.6) is 0 Å². The van der Waals surface area contributed by atoms with Crippen LogP contribution in [0, 0.1) is 0 Å². The first-order chi connectivity index (χ1) is 13.4. The number of aryl methyl sites for hydroxylation is 2. The van der Waals surface area contributed by atoms with Crippen molar-refractivity contribution in [2.75, 3.05) is 6.54 Å². The summed E-state index contributed by atoms with van der Waals surface area (Å²) >= 11 is 13.2. The number of hydrazine groups is 1. The van der Waals surface area contributed by atoms with Crippen molar-refractivity contribution in [2.45, 2.75) is 32.1 Å². The zero-order valence-corrected chi connectivity index (χ0v) is 17.3. The van der Waals surface area contributed by atoms with Crippen LogP contribution in [-0.4, -0.2) is 24.3 Å². The van der Waals surface area contributed by atoms with Crippen LogP contribution in [-0.2, 0) is 17.6 Å². The Hall–Kier alpha value is -2.09. The van der Waals surface area contributed by atoms with E-state index in [0.717, 1.165) is 25.7 Å². The highest BCUT2D eigenvalue weighted by molar-refractivity contribution is 7.14. The lowest BCUT2D eigenvalue weighted by molar-refractivity contribution is -0.120. The van der Waals surface area contributed by atoms with Gasteiger partial charge >= 0.3 is 0 Å². The minimum atomic E-state index is -0.551. The Kier molecular flexibility index (Phi) is 6.93. The normalized spacial score (nSPS) is 13.2. The number of halogens is 2. The lowest BCUT2D eigenvalue weighted by Gasteiger charge is -2.08. The fourth-order valence-electron chi connectivity index (χ4n) is 2.94. The largest absolute Gasteiger partial charge is 0.343 e. The third-order valence-corrected chi connectivity index (χ3v) is 6.15. The van der Waals surface area contributed by atoms with Gasteiger partial charge in [0.15, 0.2) is 0 Å². The monoisotopic (exact) mass is 439 g/mol. The van der Waals surface area contributed by atoms with Crippen LogP contribution >= 0.6 is 34.5 Å². The van der Waals surface area contributed by atoms with Gasteiger partial charge in [-0.05, 0) is 55.5 Å². The number of hydrogen-bond donors (Lipinski definition) is 3. The molecule has 148 valence electrons. The standard InChI is InChI=1S/C19H19Cl2N3O3S/c20-12-6-7-13(14(21)9-12)18(26)22-10-17(25)23-24-19(27)16-8-11-4-2-1-3-5-15(11)28-16/h6-9H,1-5,10H2,(H,22,26)(H,23,25)(H,24,27). The molecule has 1 aliphatic rings. The van der Waals surface area contributed by atoms with Gasteiger partial charge in [-0.25, -0.2) is 0 Å². The summed E-state index contributed by atoms with van der Waals surface area (Å²) in [5, 5.41) is 3.04. The third-order valence-electron chi connectivity index (χ3n) is 4.37. The molecule has 3 amide bonds. The molecule has 0 bridgehead atoms. The summed E-state index contributed by atoms with van der Waals surface area (Å²) < 4.78 is 0. The van der Waals surface area contributed by atoms with Gasteiger partial charge in [0.05, 0.1) is 22.0 Å². The van der Waals surface area contributed by atoms with Crippen LogP contribution in [0.25, 0.3) is 0 Å². The molecule has 0 saturated carbocycles. The van der Waals surface area contributed by atoms with Crippen molar-refractivity contribution in [3.8, 4) is 0 Å². The predicted octanol–water partition coefficient (Wildman–Crippen LogP) is 3.51. The molecule has 1 aliphatic carbocycles. The topological polar surface area (TPSA) is 87.3 Å². The molecule has 9 heteroatoms. The van der Waals surface area contributed by atoms with E-state index in [2.05, 4.69) is 16.2 Å². The van der Waals surface area contributed by atoms with Gasteiger partial charge in [-0.3, -0.25) is 25.2 Å². The summed E-state index contributed by atoms with van der Waals surface area (Å²) in [6, 6.07) is 6.35. The summed E-state index contributed by atoms with van der Waals surface area (Å²) in [6.07, 6.45) is 5.48. The summed E-state index contributed by atoms with van der Waals surface area (Å²) in [4.78, 5) is 38.1. The number of amides is 3. The Morgan fingerprint density at radius 1 is 0.964 bits per heavy atom. The second kappa shape index (κ2) is 9.41. The predicted molar refractivity (Wildman–Crippen MR) is 110 cm³/mol. The fourth-order valence-corrected chi connectivity index (χ4v) is 4.58. The SMILES string of the molecule is O=C(CNC(=O)c1ccc(Cl)cc1Cl)NNC(=O)c1cc2c(s1)CCCCC2. The van der Waals surface area contributed by atoms with E-state index >= 15 is 0 Å². The maximum Gasteiger partial charge on any atom is 0.279 e. The van der Waals surface area contributed by atoms with E-state index in [0.29, 0.717) is 9.90 Å².